The van der Waals surface area contributed by atoms with Gasteiger partial charge in [0.1, 0.15) is 5.75 Å². The molecular formula is C23H23N3O3S. The standard InChI is InChI=1S/C23H23N3O3S/c1-14-21(15-7-10-18(29-2)11-8-15)26-23(30-14)25-20(27)12-9-17-13-16-5-3-4-6-19(16)24-22(17)28/h3-8,10-11,17H,9,12-13H2,1-2H3,(H,24,28)(H,25,26,27). The van der Waals surface area contributed by atoms with E-state index in [0.717, 1.165) is 33.1 Å². The highest BCUT2D eigenvalue weighted by molar-refractivity contribution is 7.16. The van der Waals surface area contributed by atoms with Gasteiger partial charge in [0, 0.05) is 28.5 Å². The number of methoxy groups -OCH3 is 1. The molecule has 2 heterocycles. The number of fused-ring (bicyclic) bond motifs is 1. The fourth-order valence-corrected chi connectivity index (χ4v) is 4.45. The van der Waals surface area contributed by atoms with E-state index in [1.165, 1.54) is 11.3 Å². The van der Waals surface area contributed by atoms with Crippen molar-refractivity contribution < 1.29 is 14.3 Å². The van der Waals surface area contributed by atoms with E-state index in [9.17, 15) is 9.59 Å². The van der Waals surface area contributed by atoms with Gasteiger partial charge in [-0.2, -0.15) is 0 Å². The number of benzene rings is 2. The van der Waals surface area contributed by atoms with E-state index in [-0.39, 0.29) is 24.2 Å². The maximum atomic E-state index is 12.5. The van der Waals surface area contributed by atoms with Crippen LogP contribution in [0.5, 0.6) is 5.75 Å². The van der Waals surface area contributed by atoms with Gasteiger partial charge in [0.2, 0.25) is 11.8 Å². The number of anilines is 2. The number of para-hydroxylation sites is 1. The number of hydrogen-bond acceptors (Lipinski definition) is 5. The van der Waals surface area contributed by atoms with Crippen molar-refractivity contribution >= 4 is 34.0 Å². The molecule has 1 aromatic heterocycles. The predicted octanol–water partition coefficient (Wildman–Crippen LogP) is 4.66. The van der Waals surface area contributed by atoms with Gasteiger partial charge < -0.3 is 15.4 Å². The number of hydrogen-bond donors (Lipinski definition) is 2. The van der Waals surface area contributed by atoms with Crippen LogP contribution in [-0.2, 0) is 16.0 Å². The normalized spacial score (nSPS) is 15.3. The zero-order valence-corrected chi connectivity index (χ0v) is 17.7. The van der Waals surface area contributed by atoms with E-state index in [2.05, 4.69) is 15.6 Å². The number of thiazole rings is 1. The van der Waals surface area contributed by atoms with Gasteiger partial charge in [0.25, 0.3) is 0 Å². The molecule has 0 radical (unpaired) electrons. The summed E-state index contributed by atoms with van der Waals surface area (Å²) in [5.41, 5.74) is 3.80. The lowest BCUT2D eigenvalue weighted by Gasteiger charge is -2.24. The van der Waals surface area contributed by atoms with Gasteiger partial charge in [0.15, 0.2) is 5.13 Å². The van der Waals surface area contributed by atoms with E-state index in [4.69, 9.17) is 4.74 Å². The zero-order valence-electron chi connectivity index (χ0n) is 16.9. The van der Waals surface area contributed by atoms with Gasteiger partial charge in [-0.1, -0.05) is 18.2 Å². The summed E-state index contributed by atoms with van der Waals surface area (Å²) in [6.45, 7) is 1.98. The minimum absolute atomic E-state index is 0.0200. The van der Waals surface area contributed by atoms with Crippen LogP contribution in [0.25, 0.3) is 11.3 Å². The minimum atomic E-state index is -0.196. The first-order chi connectivity index (χ1) is 14.5. The Balaban J connectivity index is 1.36. The van der Waals surface area contributed by atoms with Crippen molar-refractivity contribution in [1.82, 2.24) is 4.98 Å². The molecule has 2 aromatic carbocycles. The number of carbonyl (C=O) groups is 2. The molecule has 1 aliphatic rings. The Kier molecular flexibility index (Phi) is 5.81. The van der Waals surface area contributed by atoms with E-state index in [1.54, 1.807) is 7.11 Å². The Morgan fingerprint density at radius 3 is 2.77 bits per heavy atom. The summed E-state index contributed by atoms with van der Waals surface area (Å²) in [4.78, 5) is 30.4. The third kappa shape index (κ3) is 4.36. The maximum absolute atomic E-state index is 12.5. The van der Waals surface area contributed by atoms with Crippen LogP contribution in [0, 0.1) is 12.8 Å². The highest BCUT2D eigenvalue weighted by atomic mass is 32.1. The fourth-order valence-electron chi connectivity index (χ4n) is 3.60. The summed E-state index contributed by atoms with van der Waals surface area (Å²) < 4.78 is 5.19. The average molecular weight is 422 g/mol. The van der Waals surface area contributed by atoms with Crippen LogP contribution < -0.4 is 15.4 Å². The van der Waals surface area contributed by atoms with Gasteiger partial charge >= 0.3 is 0 Å². The monoisotopic (exact) mass is 421 g/mol. The second-order valence-corrected chi connectivity index (χ2v) is 8.49. The lowest BCUT2D eigenvalue weighted by molar-refractivity contribution is -0.121. The average Bonchev–Trinajstić information content (AvgIpc) is 3.12. The van der Waals surface area contributed by atoms with Gasteiger partial charge in [-0.3, -0.25) is 9.59 Å². The SMILES string of the molecule is COc1ccc(-c2nc(NC(=O)CCC3Cc4ccccc4NC3=O)sc2C)cc1. The Hall–Kier alpha value is -3.19. The van der Waals surface area contributed by atoms with Crippen LogP contribution in [0.15, 0.2) is 48.5 Å². The fraction of sp³-hybridized carbons (Fsp3) is 0.261. The topological polar surface area (TPSA) is 80.3 Å². The maximum Gasteiger partial charge on any atom is 0.227 e. The van der Waals surface area contributed by atoms with Crippen LogP contribution >= 0.6 is 11.3 Å². The van der Waals surface area contributed by atoms with Crippen LogP contribution in [0.2, 0.25) is 0 Å². The number of carbonyl (C=O) groups excluding carboxylic acids is 2. The molecule has 4 rings (SSSR count). The molecule has 154 valence electrons. The predicted molar refractivity (Wildman–Crippen MR) is 119 cm³/mol. The Bertz CT molecular complexity index is 1080. The third-order valence-corrected chi connectivity index (χ3v) is 6.12. The molecule has 2 N–H and O–H groups in total. The van der Waals surface area contributed by atoms with Crippen molar-refractivity contribution in [3.8, 4) is 17.0 Å². The Morgan fingerprint density at radius 2 is 2.00 bits per heavy atom. The molecule has 0 saturated heterocycles. The quantitative estimate of drug-likeness (QED) is 0.607. The summed E-state index contributed by atoms with van der Waals surface area (Å²) in [7, 11) is 1.63. The first kappa shape index (κ1) is 20.1. The van der Waals surface area contributed by atoms with Crippen LogP contribution in [0.3, 0.4) is 0 Å². The molecule has 0 fully saturated rings. The van der Waals surface area contributed by atoms with Crippen molar-refractivity contribution in [2.75, 3.05) is 17.7 Å². The second-order valence-electron chi connectivity index (χ2n) is 7.29. The molecule has 0 bridgehead atoms. The molecule has 0 spiro atoms. The molecule has 7 heteroatoms. The molecule has 1 unspecified atom stereocenters. The summed E-state index contributed by atoms with van der Waals surface area (Å²) in [5, 5.41) is 6.38. The number of aromatic nitrogens is 1. The van der Waals surface area contributed by atoms with Crippen molar-refractivity contribution in [3.05, 3.63) is 59.0 Å². The Labute approximate surface area is 179 Å². The number of rotatable bonds is 6. The van der Waals surface area contributed by atoms with Gasteiger partial charge in [-0.05, 0) is 55.7 Å². The molecule has 1 aliphatic heterocycles. The summed E-state index contributed by atoms with van der Waals surface area (Å²) >= 11 is 1.45. The number of ether oxygens (including phenoxy) is 1. The van der Waals surface area contributed by atoms with E-state index in [0.29, 0.717) is 18.0 Å². The van der Waals surface area contributed by atoms with E-state index < -0.39 is 0 Å². The van der Waals surface area contributed by atoms with Gasteiger partial charge in [-0.25, -0.2) is 4.98 Å². The van der Waals surface area contributed by atoms with Crippen molar-refractivity contribution in [2.24, 2.45) is 5.92 Å². The lowest BCUT2D eigenvalue weighted by atomic mass is 9.89. The van der Waals surface area contributed by atoms with E-state index in [1.807, 2.05) is 55.5 Å². The lowest BCUT2D eigenvalue weighted by Crippen LogP contribution is -2.30. The number of aryl methyl sites for hydroxylation is 1. The van der Waals surface area contributed by atoms with Gasteiger partial charge in [-0.15, -0.1) is 11.3 Å². The molecular weight excluding hydrogens is 398 g/mol. The summed E-state index contributed by atoms with van der Waals surface area (Å²) in [6, 6.07) is 15.5. The van der Waals surface area contributed by atoms with Crippen LogP contribution in [0.1, 0.15) is 23.3 Å². The highest BCUT2D eigenvalue weighted by Crippen LogP contribution is 2.32. The largest absolute Gasteiger partial charge is 0.497 e. The molecule has 0 aliphatic carbocycles. The molecule has 30 heavy (non-hydrogen) atoms. The summed E-state index contributed by atoms with van der Waals surface area (Å²) in [6.07, 6.45) is 1.44. The number of nitrogens with zero attached hydrogens (tertiary/aromatic N) is 1. The van der Waals surface area contributed by atoms with Crippen molar-refractivity contribution in [3.63, 3.8) is 0 Å². The number of nitrogens with one attached hydrogen (secondary N) is 2. The zero-order chi connectivity index (χ0) is 21.1. The molecule has 6 nitrogen and oxygen atoms in total. The summed E-state index contributed by atoms with van der Waals surface area (Å²) in [5.74, 6) is 0.443. The van der Waals surface area contributed by atoms with Crippen molar-refractivity contribution in [2.45, 2.75) is 26.2 Å². The third-order valence-electron chi connectivity index (χ3n) is 5.24. The van der Waals surface area contributed by atoms with Crippen molar-refractivity contribution in [1.29, 1.82) is 0 Å². The molecule has 3 aromatic rings. The minimum Gasteiger partial charge on any atom is -0.497 e. The first-order valence-corrected chi connectivity index (χ1v) is 10.7. The number of amides is 2. The Morgan fingerprint density at radius 1 is 1.23 bits per heavy atom. The smallest absolute Gasteiger partial charge is 0.227 e. The second kappa shape index (κ2) is 8.67. The first-order valence-electron chi connectivity index (χ1n) is 9.84. The van der Waals surface area contributed by atoms with Crippen LogP contribution in [0.4, 0.5) is 10.8 Å². The highest BCUT2D eigenvalue weighted by Gasteiger charge is 2.26. The molecule has 0 saturated carbocycles. The molecule has 2 amide bonds. The van der Waals surface area contributed by atoms with Crippen LogP contribution in [-0.4, -0.2) is 23.9 Å². The van der Waals surface area contributed by atoms with Gasteiger partial charge in [0.05, 0.1) is 12.8 Å². The molecule has 1 atom stereocenters. The van der Waals surface area contributed by atoms with E-state index >= 15 is 0 Å².